The van der Waals surface area contributed by atoms with Crippen LogP contribution in [0.15, 0.2) is 0 Å². The summed E-state index contributed by atoms with van der Waals surface area (Å²) in [6.45, 7) is 0. The zero-order valence-corrected chi connectivity index (χ0v) is 11.9. The predicted molar refractivity (Wildman–Crippen MR) is 39.3 cm³/mol. The Hall–Kier alpha value is 1.14. The second kappa shape index (κ2) is 51.3. The summed E-state index contributed by atoms with van der Waals surface area (Å²) in [6.07, 6.45) is 0. The van der Waals surface area contributed by atoms with E-state index in [4.69, 9.17) is 23.2 Å². The van der Waals surface area contributed by atoms with Crippen molar-refractivity contribution in [1.29, 1.82) is 0 Å². The molecule has 0 aliphatic carbocycles. The van der Waals surface area contributed by atoms with Gasteiger partial charge in [0.25, 0.3) is 0 Å². The van der Waals surface area contributed by atoms with Crippen LogP contribution in [0.5, 0.6) is 0 Å². The van der Waals surface area contributed by atoms with Crippen LogP contribution in [0.4, 0.5) is 0 Å². The summed E-state index contributed by atoms with van der Waals surface area (Å²) < 4.78 is 32.4. The molecule has 66 valence electrons. The van der Waals surface area contributed by atoms with Crippen LogP contribution in [0.3, 0.4) is 0 Å². The molecule has 13 heavy (non-hydrogen) atoms. The first kappa shape index (κ1) is 29.2. The summed E-state index contributed by atoms with van der Waals surface area (Å²) in [5, 5.41) is 17.1. The third kappa shape index (κ3) is 95.0. The molecule has 0 amide bonds. The molecule has 8 radical (unpaired) electrons. The molecule has 0 saturated heterocycles. The van der Waals surface area contributed by atoms with Crippen LogP contribution in [0, 0.1) is 0 Å². The minimum atomic E-state index is -1.06. The van der Waals surface area contributed by atoms with Gasteiger partial charge in [0.1, 0.15) is 0 Å². The van der Waals surface area contributed by atoms with Crippen molar-refractivity contribution in [2.24, 2.45) is 0 Å². The van der Waals surface area contributed by atoms with Gasteiger partial charge in [-0.15, -0.1) is 0 Å². The van der Waals surface area contributed by atoms with Crippen molar-refractivity contribution >= 4 is 75.9 Å². The van der Waals surface area contributed by atoms with E-state index < -0.39 is 19.3 Å². The summed E-state index contributed by atoms with van der Waals surface area (Å²) in [5.74, 6) is 0. The van der Waals surface area contributed by atoms with Crippen LogP contribution >= 0.6 is 0 Å². The summed E-state index contributed by atoms with van der Waals surface area (Å²) in [4.78, 5) is 0. The molecule has 0 rings (SSSR count). The molecule has 0 unspecified atom stereocenters. The van der Waals surface area contributed by atoms with Crippen LogP contribution in [-0.4, -0.2) is 86.5 Å². The Labute approximate surface area is 113 Å². The van der Waals surface area contributed by atoms with Crippen molar-refractivity contribution in [3.8, 4) is 0 Å². The first-order valence-electron chi connectivity index (χ1n) is 1.58. The fourth-order valence-corrected chi connectivity index (χ4v) is 0.0456. The zero-order valence-electron chi connectivity index (χ0n) is 6.21. The van der Waals surface area contributed by atoms with Gasteiger partial charge >= 0.3 is 39.3 Å². The van der Waals surface area contributed by atoms with E-state index >= 15 is 0 Å². The third-order valence-corrected chi connectivity index (χ3v) is 0.326. The molecule has 0 bridgehead atoms. The molecule has 0 spiro atoms. The molecule has 2 N–H and O–H groups in total. The van der Waals surface area contributed by atoms with Gasteiger partial charge in [-0.1, -0.05) is 0 Å². The molecule has 0 aliphatic heterocycles. The van der Waals surface area contributed by atoms with Crippen LogP contribution in [0.25, 0.3) is 0 Å². The van der Waals surface area contributed by atoms with Crippen molar-refractivity contribution in [3.05, 3.63) is 0 Å². The van der Waals surface area contributed by atoms with E-state index in [1.165, 1.54) is 16.2 Å². The van der Waals surface area contributed by atoms with Gasteiger partial charge in [0.2, 0.25) is 0 Å². The topological polar surface area (TPSA) is 119 Å². The fraction of sp³-hybridized carbons (Fsp3) is 0. The van der Waals surface area contributed by atoms with E-state index in [0.717, 1.165) is 0 Å². The Kier molecular flexibility index (Phi) is 115. The van der Waals surface area contributed by atoms with Crippen LogP contribution in [0.1, 0.15) is 0 Å². The number of hydrogen-bond acceptors (Lipinski definition) is 8. The van der Waals surface area contributed by atoms with Crippen molar-refractivity contribution in [2.45, 2.75) is 0 Å². The standard InChI is InChI=1S/2Al.Mg.HO4Si.HO3Si.O/c;;;1-3-4-5-2;1-3-4-2;/h;;;1H;1H;. The van der Waals surface area contributed by atoms with Crippen molar-refractivity contribution < 1.29 is 37.4 Å². The zero-order chi connectivity index (χ0) is 9.54. The molecule has 0 aliphatic rings. The molecule has 0 aromatic heterocycles. The van der Waals surface area contributed by atoms with Crippen LogP contribution in [-0.2, 0) is 26.9 Å². The molecular weight excluding hydrogens is 262 g/mol. The van der Waals surface area contributed by atoms with E-state index in [-0.39, 0.29) is 40.4 Å². The normalized spacial score (nSPS) is 4.38. The van der Waals surface area contributed by atoms with Crippen molar-refractivity contribution in [1.82, 2.24) is 0 Å². The van der Waals surface area contributed by atoms with Crippen molar-refractivity contribution in [2.75, 3.05) is 0 Å². The molecule has 0 aromatic carbocycles. The molecule has 8 nitrogen and oxygen atoms in total. The molecule has 0 atom stereocenters. The summed E-state index contributed by atoms with van der Waals surface area (Å²) >= 11 is 1.17. The van der Waals surface area contributed by atoms with Crippen LogP contribution < -0.4 is 0 Å². The maximum absolute atomic E-state index is 9.05. The van der Waals surface area contributed by atoms with E-state index in [0.29, 0.717) is 0 Å². The number of rotatable bonds is 3. The average Bonchev–Trinajstić information content (AvgIpc) is 2.10. The average molecular weight is 264 g/mol. The van der Waals surface area contributed by atoms with Gasteiger partial charge in [-0.3, -0.25) is 0 Å². The summed E-state index contributed by atoms with van der Waals surface area (Å²) in [5.41, 5.74) is 0. The Bertz CT molecular complexity index is 82.5. The van der Waals surface area contributed by atoms with Gasteiger partial charge in [0.15, 0.2) is 0 Å². The van der Waals surface area contributed by atoms with E-state index in [1.807, 2.05) is 0 Å². The first-order valence-corrected chi connectivity index (χ1v) is 3.69. The minimum absolute atomic E-state index is 0. The molecule has 13 heteroatoms. The van der Waals surface area contributed by atoms with E-state index in [9.17, 15) is 0 Å². The monoisotopic (exact) mass is 264 g/mol. The summed E-state index contributed by atoms with van der Waals surface area (Å²) in [6, 6.07) is 0. The third-order valence-electron chi connectivity index (χ3n) is 0.109. The molecular formula is H2Al2MgO8Si2. The van der Waals surface area contributed by atoms with Gasteiger partial charge in [0.05, 0.1) is 0 Å². The SMILES string of the molecule is O=[Si]OO.O=[Si]OOO.[Al].[Mg].[O]=[Al]. The fourth-order valence-electron chi connectivity index (χ4n) is 0.0152. The molecule has 0 aromatic rings. The van der Waals surface area contributed by atoms with Gasteiger partial charge in [-0.25, -0.2) is 10.5 Å². The predicted octanol–water partition coefficient (Wildman–Crippen LogP) is -2.45. The Balaban J connectivity index is -0.0000000246. The van der Waals surface area contributed by atoms with Gasteiger partial charge < -0.3 is 18.1 Å². The van der Waals surface area contributed by atoms with Crippen LogP contribution in [0.2, 0.25) is 0 Å². The van der Waals surface area contributed by atoms with E-state index in [2.05, 4.69) is 14.2 Å². The van der Waals surface area contributed by atoms with Gasteiger partial charge in [-0.2, -0.15) is 0 Å². The first-order chi connectivity index (χ1) is 5.33. The quantitative estimate of drug-likeness (QED) is 0.327. The summed E-state index contributed by atoms with van der Waals surface area (Å²) in [7, 11) is -2.12. The Morgan fingerprint density at radius 1 is 1.08 bits per heavy atom. The maximum atomic E-state index is 9.05. The molecule has 0 heterocycles. The molecule has 0 saturated carbocycles. The van der Waals surface area contributed by atoms with Gasteiger partial charge in [0, 0.05) is 40.4 Å². The Morgan fingerprint density at radius 2 is 1.38 bits per heavy atom. The van der Waals surface area contributed by atoms with E-state index in [1.54, 1.807) is 0 Å². The molecule has 0 fully saturated rings. The van der Waals surface area contributed by atoms with Crippen molar-refractivity contribution in [3.63, 3.8) is 0 Å². The van der Waals surface area contributed by atoms with Gasteiger partial charge in [-0.05, 0) is 5.04 Å². The second-order valence-corrected chi connectivity index (χ2v) is 1.10. The Morgan fingerprint density at radius 3 is 1.38 bits per heavy atom. The number of hydrogen-bond donors (Lipinski definition) is 2. The second-order valence-electron chi connectivity index (χ2n) is 0.416.